The number of hydrogen-bond donors (Lipinski definition) is 1. The highest BCUT2D eigenvalue weighted by atomic mass is 35.5. The Kier molecular flexibility index (Phi) is 6.29. The normalized spacial score (nSPS) is 10.5. The molecule has 0 radical (unpaired) electrons. The number of pyridine rings is 1. The van der Waals surface area contributed by atoms with Crippen molar-refractivity contribution < 1.29 is 14.3 Å². The fraction of sp³-hybridized carbons (Fsp3) is 0.100. The van der Waals surface area contributed by atoms with Crippen molar-refractivity contribution >= 4 is 34.8 Å². The van der Waals surface area contributed by atoms with Crippen molar-refractivity contribution in [2.75, 3.05) is 12.4 Å². The van der Waals surface area contributed by atoms with Gasteiger partial charge in [0.25, 0.3) is 5.91 Å². The number of hydrogen-bond acceptors (Lipinski definition) is 4. The van der Waals surface area contributed by atoms with Gasteiger partial charge >= 0.3 is 0 Å². The van der Waals surface area contributed by atoms with E-state index in [4.69, 9.17) is 32.7 Å². The van der Waals surface area contributed by atoms with Crippen LogP contribution in [0.25, 0.3) is 0 Å². The largest absolute Gasteiger partial charge is 0.435 e. The number of carbonyl (C=O) groups is 1. The molecule has 1 amide bonds. The fourth-order valence-corrected chi connectivity index (χ4v) is 2.82. The number of para-hydroxylation sites is 2. The lowest BCUT2D eigenvalue weighted by Crippen LogP contribution is -2.13. The Morgan fingerprint density at radius 3 is 2.70 bits per heavy atom. The Morgan fingerprint density at radius 1 is 1.11 bits per heavy atom. The topological polar surface area (TPSA) is 60.5 Å². The molecule has 27 heavy (non-hydrogen) atoms. The summed E-state index contributed by atoms with van der Waals surface area (Å²) in [4.78, 5) is 16.7. The minimum absolute atomic E-state index is 0.199. The van der Waals surface area contributed by atoms with Crippen LogP contribution in [0.5, 0.6) is 11.6 Å². The average Bonchev–Trinajstić information content (AvgIpc) is 2.66. The van der Waals surface area contributed by atoms with E-state index in [1.807, 2.05) is 12.1 Å². The maximum Gasteiger partial charge on any atom is 0.255 e. The van der Waals surface area contributed by atoms with Crippen LogP contribution in [-0.4, -0.2) is 18.0 Å². The van der Waals surface area contributed by atoms with Crippen LogP contribution >= 0.6 is 23.2 Å². The number of anilines is 1. The van der Waals surface area contributed by atoms with Crippen LogP contribution in [0.1, 0.15) is 15.9 Å². The van der Waals surface area contributed by atoms with E-state index >= 15 is 0 Å². The van der Waals surface area contributed by atoms with E-state index in [2.05, 4.69) is 10.3 Å². The van der Waals surface area contributed by atoms with Crippen molar-refractivity contribution in [1.29, 1.82) is 0 Å². The van der Waals surface area contributed by atoms with E-state index in [1.165, 1.54) is 12.3 Å². The van der Waals surface area contributed by atoms with Crippen molar-refractivity contribution in [3.05, 3.63) is 82.0 Å². The quantitative estimate of drug-likeness (QED) is 0.584. The number of amides is 1. The maximum atomic E-state index is 12.6. The van der Waals surface area contributed by atoms with Gasteiger partial charge in [0.05, 0.1) is 17.3 Å². The number of benzene rings is 2. The predicted octanol–water partition coefficient (Wildman–Crippen LogP) is 5.58. The first-order valence-electron chi connectivity index (χ1n) is 8.04. The van der Waals surface area contributed by atoms with Crippen LogP contribution in [0, 0.1) is 0 Å². The first kappa shape index (κ1) is 19.2. The average molecular weight is 403 g/mol. The lowest BCUT2D eigenvalue weighted by atomic mass is 10.1. The third-order valence-corrected chi connectivity index (χ3v) is 4.09. The number of rotatable bonds is 6. The van der Waals surface area contributed by atoms with Crippen LogP contribution in [-0.2, 0) is 11.3 Å². The van der Waals surface area contributed by atoms with E-state index in [9.17, 15) is 4.79 Å². The molecule has 0 fully saturated rings. The molecule has 7 heteroatoms. The molecule has 0 aliphatic carbocycles. The van der Waals surface area contributed by atoms with Crippen molar-refractivity contribution in [3.8, 4) is 11.6 Å². The van der Waals surface area contributed by atoms with Gasteiger partial charge in [-0.2, -0.15) is 0 Å². The number of nitrogens with one attached hydrogen (secondary N) is 1. The number of halogens is 2. The molecule has 0 saturated heterocycles. The zero-order chi connectivity index (χ0) is 19.2. The second-order valence-electron chi connectivity index (χ2n) is 5.63. The Morgan fingerprint density at radius 2 is 1.93 bits per heavy atom. The molecule has 0 unspecified atom stereocenters. The summed E-state index contributed by atoms with van der Waals surface area (Å²) in [5.74, 6) is 0.347. The molecule has 5 nitrogen and oxygen atoms in total. The Balaban J connectivity index is 1.81. The zero-order valence-corrected chi connectivity index (χ0v) is 15.9. The van der Waals surface area contributed by atoms with Crippen LogP contribution in [0.3, 0.4) is 0 Å². The zero-order valence-electron chi connectivity index (χ0n) is 14.4. The van der Waals surface area contributed by atoms with Gasteiger partial charge in [-0.1, -0.05) is 47.5 Å². The van der Waals surface area contributed by atoms with Gasteiger partial charge in [-0.15, -0.1) is 0 Å². The molecule has 1 N–H and O–H groups in total. The van der Waals surface area contributed by atoms with Gasteiger partial charge in [0.15, 0.2) is 5.75 Å². The van der Waals surface area contributed by atoms with Crippen molar-refractivity contribution in [2.45, 2.75) is 6.61 Å². The highest BCUT2D eigenvalue weighted by molar-refractivity contribution is 6.35. The highest BCUT2D eigenvalue weighted by Crippen LogP contribution is 2.33. The van der Waals surface area contributed by atoms with Gasteiger partial charge in [0.2, 0.25) is 5.88 Å². The second kappa shape index (κ2) is 8.86. The summed E-state index contributed by atoms with van der Waals surface area (Å²) in [6.07, 6.45) is 1.44. The predicted molar refractivity (Wildman–Crippen MR) is 106 cm³/mol. The molecule has 0 saturated carbocycles. The molecule has 2 aromatic carbocycles. The summed E-state index contributed by atoms with van der Waals surface area (Å²) in [6.45, 7) is 0.432. The molecule has 0 aliphatic rings. The lowest BCUT2D eigenvalue weighted by Gasteiger charge is -2.13. The molecule has 1 aromatic heterocycles. The summed E-state index contributed by atoms with van der Waals surface area (Å²) in [6, 6.07) is 15.8. The van der Waals surface area contributed by atoms with E-state index in [0.29, 0.717) is 28.6 Å². The minimum Gasteiger partial charge on any atom is -0.435 e. The third-order valence-electron chi connectivity index (χ3n) is 3.62. The van der Waals surface area contributed by atoms with Crippen LogP contribution in [0.4, 0.5) is 5.69 Å². The van der Waals surface area contributed by atoms with Crippen LogP contribution in [0.2, 0.25) is 10.0 Å². The summed E-state index contributed by atoms with van der Waals surface area (Å²) in [5, 5.41) is 3.53. The van der Waals surface area contributed by atoms with Gasteiger partial charge in [-0.25, -0.2) is 4.98 Å². The molecule has 138 valence electrons. The molecule has 0 bridgehead atoms. The number of carbonyl (C=O) groups excluding carboxylic acids is 1. The van der Waals surface area contributed by atoms with Crippen molar-refractivity contribution in [1.82, 2.24) is 4.98 Å². The molecule has 0 aliphatic heterocycles. The maximum absolute atomic E-state index is 12.6. The first-order valence-corrected chi connectivity index (χ1v) is 8.79. The number of aromatic nitrogens is 1. The fourth-order valence-electron chi connectivity index (χ4n) is 2.40. The minimum atomic E-state index is -0.265. The number of ether oxygens (including phenoxy) is 2. The van der Waals surface area contributed by atoms with Crippen molar-refractivity contribution in [2.24, 2.45) is 0 Å². The van der Waals surface area contributed by atoms with E-state index in [-0.39, 0.29) is 16.8 Å². The molecule has 3 rings (SSSR count). The standard InChI is InChI=1S/C20H16Cl2N2O3/c1-26-12-13-5-4-6-14(9-13)19(25)24-17-7-2-3-8-18(17)27-20-16(22)10-15(21)11-23-20/h2-11H,12H2,1H3,(H,24,25). The molecular weight excluding hydrogens is 387 g/mol. The smallest absolute Gasteiger partial charge is 0.255 e. The van der Waals surface area contributed by atoms with Crippen molar-refractivity contribution in [3.63, 3.8) is 0 Å². The van der Waals surface area contributed by atoms with Crippen LogP contribution < -0.4 is 10.1 Å². The summed E-state index contributed by atoms with van der Waals surface area (Å²) in [5.41, 5.74) is 1.92. The first-order chi connectivity index (χ1) is 13.1. The van der Waals surface area contributed by atoms with E-state index in [0.717, 1.165) is 5.56 Å². The summed E-state index contributed by atoms with van der Waals surface area (Å²) >= 11 is 12.0. The Hall–Kier alpha value is -2.60. The third kappa shape index (κ3) is 4.98. The second-order valence-corrected chi connectivity index (χ2v) is 6.47. The molecule has 3 aromatic rings. The molecule has 0 atom stereocenters. The van der Waals surface area contributed by atoms with E-state index < -0.39 is 0 Å². The Labute approximate surface area is 166 Å². The lowest BCUT2D eigenvalue weighted by molar-refractivity contribution is 0.102. The number of nitrogens with zero attached hydrogens (tertiary/aromatic N) is 1. The summed E-state index contributed by atoms with van der Waals surface area (Å²) < 4.78 is 10.9. The molecule has 0 spiro atoms. The van der Waals surface area contributed by atoms with Crippen LogP contribution in [0.15, 0.2) is 60.8 Å². The van der Waals surface area contributed by atoms with Gasteiger partial charge in [0, 0.05) is 18.9 Å². The highest BCUT2D eigenvalue weighted by Gasteiger charge is 2.13. The molecule has 1 heterocycles. The van der Waals surface area contributed by atoms with Gasteiger partial charge in [0.1, 0.15) is 5.02 Å². The van der Waals surface area contributed by atoms with Gasteiger partial charge in [-0.05, 0) is 35.9 Å². The van der Waals surface area contributed by atoms with Gasteiger partial charge < -0.3 is 14.8 Å². The summed E-state index contributed by atoms with van der Waals surface area (Å²) in [7, 11) is 1.61. The van der Waals surface area contributed by atoms with Gasteiger partial charge in [-0.3, -0.25) is 4.79 Å². The number of methoxy groups -OCH3 is 1. The monoisotopic (exact) mass is 402 g/mol. The SMILES string of the molecule is COCc1cccc(C(=O)Nc2ccccc2Oc2ncc(Cl)cc2Cl)c1. The molecular formula is C20H16Cl2N2O3. The van der Waals surface area contributed by atoms with E-state index in [1.54, 1.807) is 43.5 Å². The Bertz CT molecular complexity index is 963.